The number of hydrogen-bond acceptors (Lipinski definition) is 3. The van der Waals surface area contributed by atoms with Gasteiger partial charge in [0.15, 0.2) is 6.10 Å². The zero-order valence-corrected chi connectivity index (χ0v) is 11.5. The highest BCUT2D eigenvalue weighted by molar-refractivity contribution is 9.10. The lowest BCUT2D eigenvalue weighted by Gasteiger charge is -2.32. The molecule has 5 heteroatoms. The SMILES string of the molecule is CC1Oc2c(CCN)cc(Br)cc2N(C)C1=O. The zero-order chi connectivity index (χ0) is 12.6. The van der Waals surface area contributed by atoms with E-state index < -0.39 is 6.10 Å². The van der Waals surface area contributed by atoms with Gasteiger partial charge in [-0.15, -0.1) is 0 Å². The molecule has 1 aliphatic rings. The van der Waals surface area contributed by atoms with Gasteiger partial charge in [-0.25, -0.2) is 0 Å². The Morgan fingerprint density at radius 2 is 2.24 bits per heavy atom. The quantitative estimate of drug-likeness (QED) is 0.904. The summed E-state index contributed by atoms with van der Waals surface area (Å²) in [6.07, 6.45) is 0.293. The second kappa shape index (κ2) is 4.66. The van der Waals surface area contributed by atoms with Crippen molar-refractivity contribution in [2.75, 3.05) is 18.5 Å². The third-order valence-electron chi connectivity index (χ3n) is 2.86. The van der Waals surface area contributed by atoms with Gasteiger partial charge in [0.2, 0.25) is 0 Å². The van der Waals surface area contributed by atoms with E-state index in [9.17, 15) is 4.79 Å². The zero-order valence-electron chi connectivity index (χ0n) is 9.87. The van der Waals surface area contributed by atoms with Crippen LogP contribution in [0, 0.1) is 0 Å². The fourth-order valence-corrected chi connectivity index (χ4v) is 2.47. The van der Waals surface area contributed by atoms with Crippen LogP contribution in [0.5, 0.6) is 5.75 Å². The molecule has 1 amide bonds. The second-order valence-corrected chi connectivity index (χ2v) is 5.02. The smallest absolute Gasteiger partial charge is 0.267 e. The predicted octanol–water partition coefficient (Wildman–Crippen LogP) is 1.69. The van der Waals surface area contributed by atoms with Crippen molar-refractivity contribution in [1.29, 1.82) is 0 Å². The van der Waals surface area contributed by atoms with E-state index >= 15 is 0 Å². The Bertz CT molecular complexity index is 462. The number of ether oxygens (including phenoxy) is 1. The minimum Gasteiger partial charge on any atom is -0.478 e. The fourth-order valence-electron chi connectivity index (χ4n) is 1.98. The molecule has 17 heavy (non-hydrogen) atoms. The maximum absolute atomic E-state index is 11.8. The van der Waals surface area contributed by atoms with Crippen molar-refractivity contribution < 1.29 is 9.53 Å². The van der Waals surface area contributed by atoms with Gasteiger partial charge >= 0.3 is 0 Å². The summed E-state index contributed by atoms with van der Waals surface area (Å²) in [7, 11) is 1.76. The first-order valence-corrected chi connectivity index (χ1v) is 6.30. The van der Waals surface area contributed by atoms with Gasteiger partial charge in [0.05, 0.1) is 5.69 Å². The van der Waals surface area contributed by atoms with Gasteiger partial charge in [0, 0.05) is 11.5 Å². The molecule has 0 spiro atoms. The molecule has 1 aromatic rings. The Morgan fingerprint density at radius 1 is 1.53 bits per heavy atom. The molecule has 1 atom stereocenters. The highest BCUT2D eigenvalue weighted by Gasteiger charge is 2.30. The minimum atomic E-state index is -0.440. The number of benzene rings is 1. The highest BCUT2D eigenvalue weighted by Crippen LogP contribution is 2.39. The Morgan fingerprint density at radius 3 is 2.88 bits per heavy atom. The number of rotatable bonds is 2. The third kappa shape index (κ3) is 2.17. The average molecular weight is 299 g/mol. The summed E-state index contributed by atoms with van der Waals surface area (Å²) in [6, 6.07) is 3.88. The Hall–Kier alpha value is -1.07. The van der Waals surface area contributed by atoms with Crippen LogP contribution in [0.2, 0.25) is 0 Å². The van der Waals surface area contributed by atoms with E-state index in [0.717, 1.165) is 27.9 Å². The molecule has 1 aliphatic heterocycles. The number of nitrogens with two attached hydrogens (primary N) is 1. The number of halogens is 1. The first kappa shape index (κ1) is 12.4. The van der Waals surface area contributed by atoms with Crippen molar-refractivity contribution in [3.63, 3.8) is 0 Å². The Labute approximate surface area is 109 Å². The molecule has 1 heterocycles. The highest BCUT2D eigenvalue weighted by atomic mass is 79.9. The second-order valence-electron chi connectivity index (χ2n) is 4.11. The summed E-state index contributed by atoms with van der Waals surface area (Å²) in [5.41, 5.74) is 7.42. The van der Waals surface area contributed by atoms with E-state index in [1.54, 1.807) is 18.9 Å². The topological polar surface area (TPSA) is 55.6 Å². The van der Waals surface area contributed by atoms with Crippen LogP contribution in [0.4, 0.5) is 5.69 Å². The van der Waals surface area contributed by atoms with Gasteiger partial charge in [-0.05, 0) is 37.6 Å². The number of hydrogen-bond donors (Lipinski definition) is 1. The molecule has 1 aromatic carbocycles. The van der Waals surface area contributed by atoms with E-state index in [1.165, 1.54) is 0 Å². The fraction of sp³-hybridized carbons (Fsp3) is 0.417. The first-order valence-electron chi connectivity index (χ1n) is 5.51. The molecule has 2 rings (SSSR count). The van der Waals surface area contributed by atoms with Crippen molar-refractivity contribution in [3.8, 4) is 5.75 Å². The molecular formula is C12H15BrN2O2. The number of carbonyl (C=O) groups excluding carboxylic acids is 1. The summed E-state index contributed by atoms with van der Waals surface area (Å²) >= 11 is 3.44. The van der Waals surface area contributed by atoms with E-state index in [2.05, 4.69) is 15.9 Å². The molecule has 0 bridgehead atoms. The summed E-state index contributed by atoms with van der Waals surface area (Å²) in [5.74, 6) is 0.738. The van der Waals surface area contributed by atoms with Crippen LogP contribution >= 0.6 is 15.9 Å². The molecule has 2 N–H and O–H groups in total. The van der Waals surface area contributed by atoms with Crippen LogP contribution in [0.1, 0.15) is 12.5 Å². The summed E-state index contributed by atoms with van der Waals surface area (Å²) < 4.78 is 6.61. The largest absolute Gasteiger partial charge is 0.478 e. The number of amides is 1. The molecule has 92 valence electrons. The lowest BCUT2D eigenvalue weighted by atomic mass is 10.1. The number of carbonyl (C=O) groups is 1. The van der Waals surface area contributed by atoms with E-state index in [-0.39, 0.29) is 5.91 Å². The average Bonchev–Trinajstić information content (AvgIpc) is 2.28. The van der Waals surface area contributed by atoms with Crippen LogP contribution in [-0.4, -0.2) is 25.6 Å². The standard InChI is InChI=1S/C12H15BrN2O2/c1-7-12(16)15(2)10-6-9(13)5-8(3-4-14)11(10)17-7/h5-7H,3-4,14H2,1-2H3. The predicted molar refractivity (Wildman–Crippen MR) is 70.4 cm³/mol. The Balaban J connectivity index is 2.54. The molecule has 0 fully saturated rings. The molecule has 1 unspecified atom stereocenters. The number of anilines is 1. The molecule has 4 nitrogen and oxygen atoms in total. The van der Waals surface area contributed by atoms with Gasteiger partial charge < -0.3 is 15.4 Å². The van der Waals surface area contributed by atoms with Crippen molar-refractivity contribution in [2.45, 2.75) is 19.4 Å². The first-order chi connectivity index (χ1) is 8.04. The van der Waals surface area contributed by atoms with Crippen LogP contribution in [0.15, 0.2) is 16.6 Å². The van der Waals surface area contributed by atoms with Crippen molar-refractivity contribution in [2.24, 2.45) is 5.73 Å². The van der Waals surface area contributed by atoms with Crippen LogP contribution < -0.4 is 15.4 Å². The molecule has 0 saturated heterocycles. The Kier molecular flexibility index (Phi) is 3.40. The summed E-state index contributed by atoms with van der Waals surface area (Å²) in [4.78, 5) is 13.5. The molecular weight excluding hydrogens is 284 g/mol. The number of likely N-dealkylation sites (N-methyl/N-ethyl adjacent to an activating group) is 1. The van der Waals surface area contributed by atoms with Crippen molar-refractivity contribution in [3.05, 3.63) is 22.2 Å². The van der Waals surface area contributed by atoms with Crippen molar-refractivity contribution in [1.82, 2.24) is 0 Å². The third-order valence-corrected chi connectivity index (χ3v) is 3.32. The van der Waals surface area contributed by atoms with Gasteiger partial charge in [-0.1, -0.05) is 15.9 Å². The van der Waals surface area contributed by atoms with Gasteiger partial charge in [0.1, 0.15) is 5.75 Å². The van der Waals surface area contributed by atoms with E-state index in [4.69, 9.17) is 10.5 Å². The lowest BCUT2D eigenvalue weighted by Crippen LogP contribution is -2.42. The summed E-state index contributed by atoms with van der Waals surface area (Å²) in [5, 5.41) is 0. The normalized spacial score (nSPS) is 18.9. The van der Waals surface area contributed by atoms with Crippen molar-refractivity contribution >= 4 is 27.5 Å². The van der Waals surface area contributed by atoms with Crippen LogP contribution in [0.3, 0.4) is 0 Å². The lowest BCUT2D eigenvalue weighted by molar-refractivity contribution is -0.125. The van der Waals surface area contributed by atoms with Crippen LogP contribution in [0.25, 0.3) is 0 Å². The molecule has 0 aromatic heterocycles. The maximum atomic E-state index is 11.8. The monoisotopic (exact) mass is 298 g/mol. The maximum Gasteiger partial charge on any atom is 0.267 e. The molecule has 0 saturated carbocycles. The minimum absolute atomic E-state index is 0.0331. The van der Waals surface area contributed by atoms with Gasteiger partial charge in [-0.2, -0.15) is 0 Å². The van der Waals surface area contributed by atoms with Gasteiger partial charge in [0.25, 0.3) is 5.91 Å². The van der Waals surface area contributed by atoms with E-state index in [0.29, 0.717) is 6.54 Å². The van der Waals surface area contributed by atoms with Crippen LogP contribution in [-0.2, 0) is 11.2 Å². The number of nitrogens with zero attached hydrogens (tertiary/aromatic N) is 1. The number of fused-ring (bicyclic) bond motifs is 1. The summed E-state index contributed by atoms with van der Waals surface area (Å²) in [6.45, 7) is 2.31. The molecule has 0 aliphatic carbocycles. The van der Waals surface area contributed by atoms with Gasteiger partial charge in [-0.3, -0.25) is 4.79 Å². The molecule has 0 radical (unpaired) electrons. The van der Waals surface area contributed by atoms with E-state index in [1.807, 2.05) is 12.1 Å².